The highest BCUT2D eigenvalue weighted by atomic mass is 14.3. The van der Waals surface area contributed by atoms with Gasteiger partial charge in [0.2, 0.25) is 0 Å². The molecular formula is C12H20. The molecule has 0 aromatic heterocycles. The molecule has 0 aromatic carbocycles. The van der Waals surface area contributed by atoms with Gasteiger partial charge >= 0.3 is 0 Å². The molecule has 0 N–H and O–H groups in total. The van der Waals surface area contributed by atoms with E-state index in [1.165, 1.54) is 24.8 Å². The first kappa shape index (κ1) is 9.61. The lowest BCUT2D eigenvalue weighted by atomic mass is 9.74. The summed E-state index contributed by atoms with van der Waals surface area (Å²) in [4.78, 5) is 0. The first-order chi connectivity index (χ1) is 5.65. The minimum absolute atomic E-state index is 0.763. The Hall–Kier alpha value is -0.480. The predicted molar refractivity (Wildman–Crippen MR) is 54.0 cm³/mol. The van der Waals surface area contributed by atoms with E-state index in [0.29, 0.717) is 0 Å². The van der Waals surface area contributed by atoms with Gasteiger partial charge in [-0.15, -0.1) is 5.73 Å². The van der Waals surface area contributed by atoms with Crippen molar-refractivity contribution in [3.8, 4) is 0 Å². The van der Waals surface area contributed by atoms with Crippen molar-refractivity contribution in [2.45, 2.75) is 40.0 Å². The summed E-state index contributed by atoms with van der Waals surface area (Å²) >= 11 is 0. The second-order valence-electron chi connectivity index (χ2n) is 4.44. The molecule has 0 aliphatic heterocycles. The Bertz CT molecular complexity index is 194. The molecule has 0 amide bonds. The zero-order chi connectivity index (χ0) is 9.14. The molecule has 2 atom stereocenters. The zero-order valence-electron chi connectivity index (χ0n) is 8.56. The Morgan fingerprint density at radius 2 is 2.08 bits per heavy atom. The highest BCUT2D eigenvalue weighted by Crippen LogP contribution is 2.36. The van der Waals surface area contributed by atoms with Gasteiger partial charge in [-0.25, -0.2) is 0 Å². The molecule has 0 heteroatoms. The molecule has 12 heavy (non-hydrogen) atoms. The summed E-state index contributed by atoms with van der Waals surface area (Å²) in [6.07, 6.45) is 3.96. The Morgan fingerprint density at radius 1 is 1.42 bits per heavy atom. The van der Waals surface area contributed by atoms with E-state index in [2.05, 4.69) is 33.1 Å². The summed E-state index contributed by atoms with van der Waals surface area (Å²) in [5, 5.41) is 0. The van der Waals surface area contributed by atoms with Crippen molar-refractivity contribution in [1.82, 2.24) is 0 Å². The standard InChI is InChI=1S/C12H20/c1-5-11-8-10(4)6-7-12(11)9(2)3/h9-10,12H,1,6-8H2,2-4H3/t10-,12+/m1/s1. The van der Waals surface area contributed by atoms with Crippen LogP contribution in [-0.4, -0.2) is 0 Å². The second-order valence-corrected chi connectivity index (χ2v) is 4.44. The normalized spacial score (nSPS) is 30.5. The van der Waals surface area contributed by atoms with Crippen molar-refractivity contribution in [2.24, 2.45) is 17.8 Å². The third kappa shape index (κ3) is 2.01. The van der Waals surface area contributed by atoms with Crippen LogP contribution in [0.4, 0.5) is 0 Å². The van der Waals surface area contributed by atoms with E-state index < -0.39 is 0 Å². The Labute approximate surface area is 76.4 Å². The van der Waals surface area contributed by atoms with E-state index in [9.17, 15) is 0 Å². The van der Waals surface area contributed by atoms with Gasteiger partial charge in [0.25, 0.3) is 0 Å². The van der Waals surface area contributed by atoms with E-state index in [1.807, 2.05) is 0 Å². The Balaban J connectivity index is 2.70. The van der Waals surface area contributed by atoms with Gasteiger partial charge in [-0.3, -0.25) is 0 Å². The van der Waals surface area contributed by atoms with Crippen molar-refractivity contribution in [1.29, 1.82) is 0 Å². The van der Waals surface area contributed by atoms with Crippen LogP contribution in [0, 0.1) is 17.8 Å². The Morgan fingerprint density at radius 3 is 2.58 bits per heavy atom. The van der Waals surface area contributed by atoms with Crippen LogP contribution in [0.2, 0.25) is 0 Å². The molecule has 0 bridgehead atoms. The number of allylic oxidation sites excluding steroid dienone is 1. The SMILES string of the molecule is C=C=C1C[C@H](C)CC[C@H]1C(C)C. The molecule has 0 nitrogen and oxygen atoms in total. The van der Waals surface area contributed by atoms with Crippen LogP contribution in [0.3, 0.4) is 0 Å². The molecule has 1 rings (SSSR count). The number of rotatable bonds is 1. The van der Waals surface area contributed by atoms with Gasteiger partial charge in [0.05, 0.1) is 0 Å². The van der Waals surface area contributed by atoms with Gasteiger partial charge < -0.3 is 0 Å². The largest absolute Gasteiger partial charge is 0.129 e. The fourth-order valence-electron chi connectivity index (χ4n) is 2.21. The van der Waals surface area contributed by atoms with Crippen molar-refractivity contribution in [3.63, 3.8) is 0 Å². The van der Waals surface area contributed by atoms with Gasteiger partial charge in [-0.1, -0.05) is 27.4 Å². The maximum absolute atomic E-state index is 3.79. The van der Waals surface area contributed by atoms with E-state index in [-0.39, 0.29) is 0 Å². The first-order valence-corrected chi connectivity index (χ1v) is 5.04. The highest BCUT2D eigenvalue weighted by molar-refractivity contribution is 5.09. The average molecular weight is 164 g/mol. The van der Waals surface area contributed by atoms with Crippen LogP contribution in [0.1, 0.15) is 40.0 Å². The molecular weight excluding hydrogens is 144 g/mol. The smallest absolute Gasteiger partial charge is 0.0104 e. The summed E-state index contributed by atoms with van der Waals surface area (Å²) in [6.45, 7) is 10.7. The summed E-state index contributed by atoms with van der Waals surface area (Å²) in [5.74, 6) is 2.38. The van der Waals surface area contributed by atoms with E-state index in [0.717, 1.165) is 17.8 Å². The number of hydrogen-bond acceptors (Lipinski definition) is 0. The minimum Gasteiger partial charge on any atom is -0.129 e. The van der Waals surface area contributed by atoms with Gasteiger partial charge in [-0.05, 0) is 42.6 Å². The fraction of sp³-hybridized carbons (Fsp3) is 0.750. The third-order valence-corrected chi connectivity index (χ3v) is 3.02. The van der Waals surface area contributed by atoms with Gasteiger partial charge in [0.15, 0.2) is 0 Å². The average Bonchev–Trinajstić information content (AvgIpc) is 2.03. The van der Waals surface area contributed by atoms with Crippen molar-refractivity contribution in [2.75, 3.05) is 0 Å². The van der Waals surface area contributed by atoms with Crippen LogP contribution in [0.15, 0.2) is 17.9 Å². The molecule has 0 aromatic rings. The maximum atomic E-state index is 3.79. The van der Waals surface area contributed by atoms with Crippen LogP contribution in [0.5, 0.6) is 0 Å². The molecule has 1 aliphatic rings. The molecule has 1 fully saturated rings. The molecule has 1 saturated carbocycles. The maximum Gasteiger partial charge on any atom is -0.0104 e. The lowest BCUT2D eigenvalue weighted by Gasteiger charge is -2.30. The van der Waals surface area contributed by atoms with Crippen LogP contribution < -0.4 is 0 Å². The first-order valence-electron chi connectivity index (χ1n) is 5.04. The third-order valence-electron chi connectivity index (χ3n) is 3.02. The molecule has 0 heterocycles. The minimum atomic E-state index is 0.763. The topological polar surface area (TPSA) is 0 Å². The lowest BCUT2D eigenvalue weighted by Crippen LogP contribution is -2.19. The fourth-order valence-corrected chi connectivity index (χ4v) is 2.21. The van der Waals surface area contributed by atoms with E-state index >= 15 is 0 Å². The summed E-state index contributed by atoms with van der Waals surface area (Å²) in [5.41, 5.74) is 4.61. The molecule has 68 valence electrons. The molecule has 0 radical (unpaired) electrons. The van der Waals surface area contributed by atoms with Crippen LogP contribution in [0.25, 0.3) is 0 Å². The lowest BCUT2D eigenvalue weighted by molar-refractivity contribution is 0.308. The molecule has 0 spiro atoms. The van der Waals surface area contributed by atoms with Gasteiger partial charge in [0.1, 0.15) is 0 Å². The summed E-state index contributed by atoms with van der Waals surface area (Å²) in [6, 6.07) is 0. The predicted octanol–water partition coefficient (Wildman–Crippen LogP) is 3.79. The van der Waals surface area contributed by atoms with Crippen LogP contribution in [-0.2, 0) is 0 Å². The zero-order valence-corrected chi connectivity index (χ0v) is 8.56. The molecule has 0 saturated heterocycles. The molecule has 1 aliphatic carbocycles. The van der Waals surface area contributed by atoms with Crippen LogP contribution >= 0.6 is 0 Å². The summed E-state index contributed by atoms with van der Waals surface area (Å²) < 4.78 is 0. The van der Waals surface area contributed by atoms with Crippen molar-refractivity contribution >= 4 is 0 Å². The van der Waals surface area contributed by atoms with Crippen molar-refractivity contribution < 1.29 is 0 Å². The van der Waals surface area contributed by atoms with Gasteiger partial charge in [0, 0.05) is 0 Å². The van der Waals surface area contributed by atoms with E-state index in [4.69, 9.17) is 0 Å². The monoisotopic (exact) mass is 164 g/mol. The summed E-state index contributed by atoms with van der Waals surface area (Å²) in [7, 11) is 0. The second kappa shape index (κ2) is 3.96. The quantitative estimate of drug-likeness (QED) is 0.517. The Kier molecular flexibility index (Phi) is 3.17. The van der Waals surface area contributed by atoms with E-state index in [1.54, 1.807) is 0 Å². The molecule has 0 unspecified atom stereocenters. The number of hydrogen-bond donors (Lipinski definition) is 0. The van der Waals surface area contributed by atoms with Gasteiger partial charge in [-0.2, -0.15) is 0 Å². The van der Waals surface area contributed by atoms with Crippen molar-refractivity contribution in [3.05, 3.63) is 17.9 Å². The highest BCUT2D eigenvalue weighted by Gasteiger charge is 2.24.